The zero-order valence-electron chi connectivity index (χ0n) is 11.9. The van der Waals surface area contributed by atoms with E-state index in [1.165, 1.54) is 4.68 Å². The van der Waals surface area contributed by atoms with Gasteiger partial charge in [0, 0.05) is 5.56 Å². The van der Waals surface area contributed by atoms with Gasteiger partial charge in [-0.05, 0) is 12.1 Å². The van der Waals surface area contributed by atoms with Gasteiger partial charge in [-0.2, -0.15) is 0 Å². The molecule has 3 aromatic rings. The van der Waals surface area contributed by atoms with Gasteiger partial charge in [-0.3, -0.25) is 9.79 Å². The molecule has 0 aliphatic rings. The Kier molecular flexibility index (Phi) is 3.92. The molecule has 1 heterocycles. The van der Waals surface area contributed by atoms with Crippen molar-refractivity contribution in [2.75, 3.05) is 0 Å². The van der Waals surface area contributed by atoms with Crippen LogP contribution in [0.3, 0.4) is 0 Å². The smallest absolute Gasteiger partial charge is 0.351 e. The van der Waals surface area contributed by atoms with E-state index in [1.807, 2.05) is 0 Å². The van der Waals surface area contributed by atoms with Crippen LogP contribution in [0.15, 0.2) is 59.6 Å². The van der Waals surface area contributed by atoms with Gasteiger partial charge in [0.25, 0.3) is 0 Å². The van der Waals surface area contributed by atoms with Crippen LogP contribution in [0.4, 0.5) is 0 Å². The van der Waals surface area contributed by atoms with Gasteiger partial charge >= 0.3 is 5.97 Å². The van der Waals surface area contributed by atoms with E-state index < -0.39 is 12.1 Å². The number of hydrogen-bond donors (Lipinski definition) is 1. The van der Waals surface area contributed by atoms with Crippen LogP contribution in [0, 0.1) is 0 Å². The quantitative estimate of drug-likeness (QED) is 0.574. The predicted octanol–water partition coefficient (Wildman–Crippen LogP) is 1.97. The molecular formula is C16H12N4O3. The molecule has 0 aliphatic carbocycles. The Morgan fingerprint density at radius 1 is 1.09 bits per heavy atom. The summed E-state index contributed by atoms with van der Waals surface area (Å²) in [4.78, 5) is 27.4. The maximum atomic E-state index is 12.0. The van der Waals surface area contributed by atoms with Gasteiger partial charge in [-0.25, -0.2) is 9.48 Å². The Balaban J connectivity index is 1.92. The highest BCUT2D eigenvalue weighted by molar-refractivity contribution is 6.35. The van der Waals surface area contributed by atoms with E-state index >= 15 is 0 Å². The average Bonchev–Trinajstić information content (AvgIpc) is 2.99. The van der Waals surface area contributed by atoms with Crippen molar-refractivity contribution in [3.63, 3.8) is 0 Å². The summed E-state index contributed by atoms with van der Waals surface area (Å²) in [7, 11) is 0. The number of carboxylic acid groups (broad SMARTS) is 1. The van der Waals surface area contributed by atoms with Crippen molar-refractivity contribution in [2.24, 2.45) is 4.99 Å². The summed E-state index contributed by atoms with van der Waals surface area (Å²) in [6, 6.07) is 15.4. The molecule has 114 valence electrons. The second-order valence-electron chi connectivity index (χ2n) is 4.74. The Bertz CT molecular complexity index is 886. The van der Waals surface area contributed by atoms with Crippen molar-refractivity contribution >= 4 is 29.0 Å². The number of rotatable bonds is 5. The third-order valence-electron chi connectivity index (χ3n) is 3.22. The molecule has 0 radical (unpaired) electrons. The van der Waals surface area contributed by atoms with E-state index in [1.54, 1.807) is 54.6 Å². The Labute approximate surface area is 130 Å². The van der Waals surface area contributed by atoms with Crippen molar-refractivity contribution in [1.82, 2.24) is 15.0 Å². The molecule has 0 fully saturated rings. The fourth-order valence-corrected chi connectivity index (χ4v) is 2.11. The van der Waals surface area contributed by atoms with Crippen LogP contribution in [-0.2, 0) is 4.79 Å². The maximum Gasteiger partial charge on any atom is 0.351 e. The minimum atomic E-state index is -1.35. The first-order valence-corrected chi connectivity index (χ1v) is 6.82. The fraction of sp³-hybridized carbons (Fsp3) is 0.0625. The lowest BCUT2D eigenvalue weighted by Crippen LogP contribution is -2.19. The highest BCUT2D eigenvalue weighted by Gasteiger charge is 2.21. The molecule has 0 bridgehead atoms. The number of carboxylic acids is 1. The van der Waals surface area contributed by atoms with Crippen molar-refractivity contribution in [3.8, 4) is 0 Å². The second-order valence-corrected chi connectivity index (χ2v) is 4.74. The number of hydrogen-bond acceptors (Lipinski definition) is 5. The molecule has 0 spiro atoms. The SMILES string of the molecule is O=C(/C=N/C(C(=O)O)n1nnc2ccccc21)c1ccccc1. The Hall–Kier alpha value is -3.35. The zero-order valence-corrected chi connectivity index (χ0v) is 11.9. The van der Waals surface area contributed by atoms with E-state index in [4.69, 9.17) is 0 Å². The van der Waals surface area contributed by atoms with E-state index in [0.717, 1.165) is 6.21 Å². The molecule has 0 aliphatic heterocycles. The molecule has 1 atom stereocenters. The summed E-state index contributed by atoms with van der Waals surface area (Å²) >= 11 is 0. The van der Waals surface area contributed by atoms with Gasteiger partial charge < -0.3 is 5.11 Å². The van der Waals surface area contributed by atoms with E-state index in [9.17, 15) is 14.7 Å². The monoisotopic (exact) mass is 308 g/mol. The number of aromatic nitrogens is 3. The summed E-state index contributed by atoms with van der Waals surface area (Å²) in [6.45, 7) is 0. The number of aliphatic carboxylic acids is 1. The summed E-state index contributed by atoms with van der Waals surface area (Å²) in [5, 5.41) is 17.1. The van der Waals surface area contributed by atoms with Gasteiger partial charge in [-0.15, -0.1) is 5.10 Å². The zero-order chi connectivity index (χ0) is 16.2. The summed E-state index contributed by atoms with van der Waals surface area (Å²) in [5.74, 6) is -1.60. The number of aliphatic imine (C=N–C) groups is 1. The van der Waals surface area contributed by atoms with Crippen LogP contribution in [0.1, 0.15) is 16.5 Å². The normalized spacial score (nSPS) is 12.5. The Morgan fingerprint density at radius 2 is 1.78 bits per heavy atom. The van der Waals surface area contributed by atoms with Gasteiger partial charge in [-0.1, -0.05) is 47.7 Å². The van der Waals surface area contributed by atoms with Crippen LogP contribution in [0.2, 0.25) is 0 Å². The lowest BCUT2D eigenvalue weighted by molar-refractivity contribution is -0.140. The summed E-state index contributed by atoms with van der Waals surface area (Å²) in [5.41, 5.74) is 1.52. The topological polar surface area (TPSA) is 97.4 Å². The number of ketones is 1. The molecule has 1 unspecified atom stereocenters. The predicted molar refractivity (Wildman–Crippen MR) is 83.5 cm³/mol. The summed E-state index contributed by atoms with van der Waals surface area (Å²) in [6.07, 6.45) is -0.347. The fourth-order valence-electron chi connectivity index (χ4n) is 2.11. The van der Waals surface area contributed by atoms with Gasteiger partial charge in [0.15, 0.2) is 0 Å². The second kappa shape index (κ2) is 6.18. The van der Waals surface area contributed by atoms with E-state index in [2.05, 4.69) is 15.3 Å². The first-order chi connectivity index (χ1) is 11.2. The molecule has 0 saturated heterocycles. The number of para-hydroxylation sites is 1. The third kappa shape index (κ3) is 2.98. The number of carbonyl (C=O) groups excluding carboxylic acids is 1. The highest BCUT2D eigenvalue weighted by atomic mass is 16.4. The van der Waals surface area contributed by atoms with Crippen molar-refractivity contribution in [1.29, 1.82) is 0 Å². The summed E-state index contributed by atoms with van der Waals surface area (Å²) < 4.78 is 1.17. The number of carbonyl (C=O) groups is 2. The number of fused-ring (bicyclic) bond motifs is 1. The largest absolute Gasteiger partial charge is 0.478 e. The molecule has 7 heteroatoms. The van der Waals surface area contributed by atoms with E-state index in [-0.39, 0.29) is 5.78 Å². The molecule has 0 amide bonds. The van der Waals surface area contributed by atoms with Gasteiger partial charge in [0.1, 0.15) is 5.52 Å². The minimum absolute atomic E-state index is 0.374. The standard InChI is InChI=1S/C16H12N4O3/c21-14(11-6-2-1-3-7-11)10-17-15(16(22)23)20-13-9-5-4-8-12(13)18-19-20/h1-10,15H,(H,22,23)/b17-10+. The molecule has 0 saturated carbocycles. The molecule has 3 rings (SSSR count). The molecule has 23 heavy (non-hydrogen) atoms. The Morgan fingerprint density at radius 3 is 2.52 bits per heavy atom. The molecule has 7 nitrogen and oxygen atoms in total. The lowest BCUT2D eigenvalue weighted by Gasteiger charge is -2.07. The van der Waals surface area contributed by atoms with Crippen LogP contribution >= 0.6 is 0 Å². The van der Waals surface area contributed by atoms with Crippen molar-refractivity contribution in [3.05, 3.63) is 60.2 Å². The average molecular weight is 308 g/mol. The molecular weight excluding hydrogens is 296 g/mol. The third-order valence-corrected chi connectivity index (χ3v) is 3.22. The number of nitrogens with zero attached hydrogens (tertiary/aromatic N) is 4. The molecule has 1 N–H and O–H groups in total. The highest BCUT2D eigenvalue weighted by Crippen LogP contribution is 2.16. The van der Waals surface area contributed by atoms with Crippen LogP contribution < -0.4 is 0 Å². The van der Waals surface area contributed by atoms with Crippen molar-refractivity contribution < 1.29 is 14.7 Å². The maximum absolute atomic E-state index is 12.0. The molecule has 2 aromatic carbocycles. The van der Waals surface area contributed by atoms with E-state index in [0.29, 0.717) is 16.6 Å². The van der Waals surface area contributed by atoms with Crippen LogP contribution in [-0.4, -0.2) is 38.1 Å². The van der Waals surface area contributed by atoms with Gasteiger partial charge in [0.05, 0.1) is 11.7 Å². The first-order valence-electron chi connectivity index (χ1n) is 6.82. The van der Waals surface area contributed by atoms with Crippen LogP contribution in [0.25, 0.3) is 11.0 Å². The first kappa shape index (κ1) is 14.6. The lowest BCUT2D eigenvalue weighted by atomic mass is 10.1. The number of benzene rings is 2. The van der Waals surface area contributed by atoms with Gasteiger partial charge in [0.2, 0.25) is 11.9 Å². The van der Waals surface area contributed by atoms with Crippen molar-refractivity contribution in [2.45, 2.75) is 6.17 Å². The molecule has 1 aromatic heterocycles. The minimum Gasteiger partial charge on any atom is -0.478 e. The van der Waals surface area contributed by atoms with Crippen LogP contribution in [0.5, 0.6) is 0 Å². The number of Topliss-reactive ketones (excluding diaryl/α,β-unsaturated/α-hetero) is 1.